The maximum atomic E-state index is 5.60. The van der Waals surface area contributed by atoms with Gasteiger partial charge in [-0.25, -0.2) is 0 Å². The van der Waals surface area contributed by atoms with Crippen molar-refractivity contribution in [1.29, 1.82) is 0 Å². The number of methoxy groups -OCH3 is 1. The van der Waals surface area contributed by atoms with Gasteiger partial charge >= 0.3 is 0 Å². The molecule has 0 aromatic heterocycles. The summed E-state index contributed by atoms with van der Waals surface area (Å²) in [6.07, 6.45) is 9.96. The van der Waals surface area contributed by atoms with Crippen molar-refractivity contribution in [3.63, 3.8) is 0 Å². The molecule has 80 valence electrons. The molecule has 2 heteroatoms. The van der Waals surface area contributed by atoms with Crippen LogP contribution in [-0.4, -0.2) is 25.8 Å². The lowest BCUT2D eigenvalue weighted by Gasteiger charge is -2.40. The molecule has 0 aromatic rings. The van der Waals surface area contributed by atoms with Crippen molar-refractivity contribution in [2.24, 2.45) is 0 Å². The van der Waals surface area contributed by atoms with Crippen LogP contribution in [0, 0.1) is 0 Å². The van der Waals surface area contributed by atoms with Gasteiger partial charge in [-0.3, -0.25) is 0 Å². The van der Waals surface area contributed by atoms with Gasteiger partial charge in [0.05, 0.1) is 5.60 Å². The van der Waals surface area contributed by atoms with Gasteiger partial charge in [-0.15, -0.1) is 0 Å². The van der Waals surface area contributed by atoms with Gasteiger partial charge in [0.15, 0.2) is 0 Å². The molecule has 0 unspecified atom stereocenters. The molecule has 2 fully saturated rings. The SMILES string of the molecule is COC1(C/C=C2/CCCNC2)CCC1. The van der Waals surface area contributed by atoms with Crippen LogP contribution >= 0.6 is 0 Å². The first-order chi connectivity index (χ1) is 6.85. The van der Waals surface area contributed by atoms with Gasteiger partial charge in [-0.05, 0) is 45.1 Å². The van der Waals surface area contributed by atoms with Crippen LogP contribution in [0.4, 0.5) is 0 Å². The molecule has 1 N–H and O–H groups in total. The Labute approximate surface area is 86.7 Å². The highest BCUT2D eigenvalue weighted by Gasteiger charge is 2.35. The number of rotatable bonds is 3. The van der Waals surface area contributed by atoms with E-state index < -0.39 is 0 Å². The summed E-state index contributed by atoms with van der Waals surface area (Å²) in [6, 6.07) is 0. The summed E-state index contributed by atoms with van der Waals surface area (Å²) in [6.45, 7) is 2.28. The highest BCUT2D eigenvalue weighted by atomic mass is 16.5. The lowest BCUT2D eigenvalue weighted by atomic mass is 9.77. The number of ether oxygens (including phenoxy) is 1. The van der Waals surface area contributed by atoms with Gasteiger partial charge in [0.25, 0.3) is 0 Å². The summed E-state index contributed by atoms with van der Waals surface area (Å²) in [5, 5.41) is 3.42. The Balaban J connectivity index is 1.84. The van der Waals surface area contributed by atoms with Crippen LogP contribution < -0.4 is 5.32 Å². The van der Waals surface area contributed by atoms with E-state index >= 15 is 0 Å². The zero-order chi connectivity index (χ0) is 9.86. The third-order valence-electron chi connectivity index (χ3n) is 3.66. The second kappa shape index (κ2) is 4.45. The summed E-state index contributed by atoms with van der Waals surface area (Å²) >= 11 is 0. The van der Waals surface area contributed by atoms with Gasteiger partial charge in [0.2, 0.25) is 0 Å². The first-order valence-electron chi connectivity index (χ1n) is 5.78. The molecule has 0 aromatic carbocycles. The van der Waals surface area contributed by atoms with E-state index in [1.54, 1.807) is 5.57 Å². The number of nitrogens with one attached hydrogen (secondary N) is 1. The van der Waals surface area contributed by atoms with E-state index in [0.29, 0.717) is 0 Å². The number of hydrogen-bond acceptors (Lipinski definition) is 2. The monoisotopic (exact) mass is 195 g/mol. The topological polar surface area (TPSA) is 21.3 Å². The fourth-order valence-corrected chi connectivity index (χ4v) is 2.35. The third-order valence-corrected chi connectivity index (χ3v) is 3.66. The Morgan fingerprint density at radius 3 is 2.79 bits per heavy atom. The fourth-order valence-electron chi connectivity index (χ4n) is 2.35. The van der Waals surface area contributed by atoms with Crippen LogP contribution in [0.2, 0.25) is 0 Å². The smallest absolute Gasteiger partial charge is 0.0713 e. The summed E-state index contributed by atoms with van der Waals surface area (Å²) in [4.78, 5) is 0. The first-order valence-corrected chi connectivity index (χ1v) is 5.78. The first kappa shape index (κ1) is 10.2. The number of hydrogen-bond donors (Lipinski definition) is 1. The van der Waals surface area contributed by atoms with Gasteiger partial charge in [0.1, 0.15) is 0 Å². The van der Waals surface area contributed by atoms with Crippen LogP contribution in [0.1, 0.15) is 38.5 Å². The van der Waals surface area contributed by atoms with Crippen LogP contribution in [-0.2, 0) is 4.74 Å². The predicted molar refractivity (Wildman–Crippen MR) is 58.4 cm³/mol. The van der Waals surface area contributed by atoms with Gasteiger partial charge in [0, 0.05) is 13.7 Å². The van der Waals surface area contributed by atoms with Crippen molar-refractivity contribution in [1.82, 2.24) is 5.32 Å². The van der Waals surface area contributed by atoms with E-state index in [2.05, 4.69) is 11.4 Å². The van der Waals surface area contributed by atoms with E-state index in [-0.39, 0.29) is 5.60 Å². The Hall–Kier alpha value is -0.340. The van der Waals surface area contributed by atoms with E-state index in [9.17, 15) is 0 Å². The highest BCUT2D eigenvalue weighted by Crippen LogP contribution is 2.38. The van der Waals surface area contributed by atoms with E-state index in [4.69, 9.17) is 4.74 Å². The largest absolute Gasteiger partial charge is 0.378 e. The predicted octanol–water partition coefficient (Wildman–Crippen LogP) is 2.26. The summed E-state index contributed by atoms with van der Waals surface area (Å²) in [7, 11) is 1.86. The standard InChI is InChI=1S/C12H21NO/c1-14-12(6-3-7-12)8-5-11-4-2-9-13-10-11/h5,13H,2-4,6-10H2,1H3/b11-5-. The third kappa shape index (κ3) is 2.18. The minimum Gasteiger partial charge on any atom is -0.378 e. The minimum atomic E-state index is 0.213. The molecule has 1 heterocycles. The van der Waals surface area contributed by atoms with Crippen LogP contribution in [0.5, 0.6) is 0 Å². The second-order valence-electron chi connectivity index (χ2n) is 4.59. The zero-order valence-corrected chi connectivity index (χ0v) is 9.14. The molecular formula is C12H21NO. The van der Waals surface area contributed by atoms with Crippen molar-refractivity contribution in [3.8, 4) is 0 Å². The second-order valence-corrected chi connectivity index (χ2v) is 4.59. The van der Waals surface area contributed by atoms with Crippen molar-refractivity contribution in [3.05, 3.63) is 11.6 Å². The van der Waals surface area contributed by atoms with E-state index in [1.807, 2.05) is 7.11 Å². The quantitative estimate of drug-likeness (QED) is 0.697. The molecule has 0 amide bonds. The maximum absolute atomic E-state index is 5.60. The number of piperidine rings is 1. The van der Waals surface area contributed by atoms with Crippen molar-refractivity contribution >= 4 is 0 Å². The summed E-state index contributed by atoms with van der Waals surface area (Å²) in [5.74, 6) is 0. The molecule has 2 aliphatic rings. The van der Waals surface area contributed by atoms with E-state index in [0.717, 1.165) is 13.0 Å². The average molecular weight is 195 g/mol. The molecule has 1 saturated heterocycles. The van der Waals surface area contributed by atoms with Crippen LogP contribution in [0.3, 0.4) is 0 Å². The highest BCUT2D eigenvalue weighted by molar-refractivity contribution is 5.09. The zero-order valence-electron chi connectivity index (χ0n) is 9.14. The molecule has 0 spiro atoms. The molecular weight excluding hydrogens is 174 g/mol. The molecule has 2 rings (SSSR count). The fraction of sp³-hybridized carbons (Fsp3) is 0.833. The van der Waals surface area contributed by atoms with Crippen molar-refractivity contribution < 1.29 is 4.74 Å². The molecule has 1 aliphatic heterocycles. The molecule has 0 radical (unpaired) electrons. The average Bonchev–Trinajstić information content (AvgIpc) is 2.19. The molecule has 2 nitrogen and oxygen atoms in total. The normalized spacial score (nSPS) is 28.8. The lowest BCUT2D eigenvalue weighted by molar-refractivity contribution is -0.0689. The molecule has 1 saturated carbocycles. The summed E-state index contributed by atoms with van der Waals surface area (Å²) < 4.78 is 5.60. The van der Waals surface area contributed by atoms with E-state index in [1.165, 1.54) is 38.6 Å². The minimum absolute atomic E-state index is 0.213. The Morgan fingerprint density at radius 2 is 2.29 bits per heavy atom. The Bertz CT molecular complexity index is 205. The molecule has 0 bridgehead atoms. The van der Waals surface area contributed by atoms with Crippen LogP contribution in [0.15, 0.2) is 11.6 Å². The van der Waals surface area contributed by atoms with Gasteiger partial charge in [-0.1, -0.05) is 11.6 Å². The van der Waals surface area contributed by atoms with Gasteiger partial charge in [-0.2, -0.15) is 0 Å². The van der Waals surface area contributed by atoms with Crippen LogP contribution in [0.25, 0.3) is 0 Å². The van der Waals surface area contributed by atoms with Crippen molar-refractivity contribution in [2.75, 3.05) is 20.2 Å². The lowest BCUT2D eigenvalue weighted by Crippen LogP contribution is -2.38. The molecule has 1 aliphatic carbocycles. The molecule has 14 heavy (non-hydrogen) atoms. The Kier molecular flexibility index (Phi) is 3.24. The Morgan fingerprint density at radius 1 is 1.43 bits per heavy atom. The van der Waals surface area contributed by atoms with Crippen molar-refractivity contribution in [2.45, 2.75) is 44.1 Å². The maximum Gasteiger partial charge on any atom is 0.0713 e. The summed E-state index contributed by atoms with van der Waals surface area (Å²) in [5.41, 5.74) is 1.80. The molecule has 0 atom stereocenters. The van der Waals surface area contributed by atoms with Gasteiger partial charge < -0.3 is 10.1 Å².